The molecule has 108 valence electrons. The average Bonchev–Trinajstić information content (AvgIpc) is 3.14. The second-order valence-electron chi connectivity index (χ2n) is 5.61. The van der Waals surface area contributed by atoms with Gasteiger partial charge in [0.05, 0.1) is 0 Å². The zero-order chi connectivity index (χ0) is 13.5. The molecule has 1 aliphatic carbocycles. The number of hydrogen-bond donors (Lipinski definition) is 1. The van der Waals surface area contributed by atoms with Gasteiger partial charge in [-0.25, -0.2) is 0 Å². The fourth-order valence-corrected chi connectivity index (χ4v) is 3.42. The fraction of sp³-hybridized carbons (Fsp3) is 0.867. The minimum Gasteiger partial charge on any atom is -0.314 e. The standard InChI is InChI=1S/C15H27N3S/c1-3-5-7-12(4-2)15-18-17-14(19-15)8-6-11-16-13-9-10-13/h12-13,16H,3-11H2,1-2H3. The van der Waals surface area contributed by atoms with Crippen molar-refractivity contribution in [3.05, 3.63) is 10.0 Å². The summed E-state index contributed by atoms with van der Waals surface area (Å²) in [6.07, 6.45) is 10.1. The summed E-state index contributed by atoms with van der Waals surface area (Å²) in [4.78, 5) is 0. The monoisotopic (exact) mass is 281 g/mol. The lowest BCUT2D eigenvalue weighted by molar-refractivity contribution is 0.562. The van der Waals surface area contributed by atoms with Crippen LogP contribution in [0.5, 0.6) is 0 Å². The largest absolute Gasteiger partial charge is 0.314 e. The van der Waals surface area contributed by atoms with E-state index in [4.69, 9.17) is 0 Å². The van der Waals surface area contributed by atoms with Gasteiger partial charge in [0.2, 0.25) is 0 Å². The van der Waals surface area contributed by atoms with Gasteiger partial charge in [-0.15, -0.1) is 21.5 Å². The maximum absolute atomic E-state index is 4.41. The third-order valence-electron chi connectivity index (χ3n) is 3.81. The summed E-state index contributed by atoms with van der Waals surface area (Å²) in [5.74, 6) is 0.635. The molecule has 0 radical (unpaired) electrons. The van der Waals surface area contributed by atoms with Crippen molar-refractivity contribution < 1.29 is 0 Å². The maximum Gasteiger partial charge on any atom is 0.120 e. The van der Waals surface area contributed by atoms with Crippen LogP contribution in [0, 0.1) is 0 Å². The summed E-state index contributed by atoms with van der Waals surface area (Å²) in [6, 6.07) is 0.823. The van der Waals surface area contributed by atoms with Crippen LogP contribution in [0.15, 0.2) is 0 Å². The van der Waals surface area contributed by atoms with E-state index < -0.39 is 0 Å². The molecule has 0 aromatic carbocycles. The van der Waals surface area contributed by atoms with Gasteiger partial charge in [-0.2, -0.15) is 0 Å². The Kier molecular flexibility index (Phi) is 6.24. The van der Waals surface area contributed by atoms with E-state index in [9.17, 15) is 0 Å². The minimum absolute atomic E-state index is 0.635. The lowest BCUT2D eigenvalue weighted by atomic mass is 10.0. The molecule has 0 bridgehead atoms. The van der Waals surface area contributed by atoms with Gasteiger partial charge in [0, 0.05) is 18.4 Å². The van der Waals surface area contributed by atoms with Crippen LogP contribution in [0.4, 0.5) is 0 Å². The molecule has 4 heteroatoms. The topological polar surface area (TPSA) is 37.8 Å². The molecule has 0 spiro atoms. The highest BCUT2D eigenvalue weighted by molar-refractivity contribution is 7.11. The van der Waals surface area contributed by atoms with Crippen LogP contribution in [0.25, 0.3) is 0 Å². The molecule has 1 atom stereocenters. The van der Waals surface area contributed by atoms with Gasteiger partial charge in [-0.3, -0.25) is 0 Å². The third kappa shape index (κ3) is 5.19. The molecular weight excluding hydrogens is 254 g/mol. The van der Waals surface area contributed by atoms with Crippen LogP contribution >= 0.6 is 11.3 Å². The molecule has 1 heterocycles. The molecule has 2 rings (SSSR count). The van der Waals surface area contributed by atoms with Gasteiger partial charge in [0.25, 0.3) is 0 Å². The summed E-state index contributed by atoms with van der Waals surface area (Å²) in [7, 11) is 0. The Bertz CT molecular complexity index is 360. The van der Waals surface area contributed by atoms with Crippen molar-refractivity contribution in [1.29, 1.82) is 0 Å². The van der Waals surface area contributed by atoms with E-state index >= 15 is 0 Å². The van der Waals surface area contributed by atoms with Crippen molar-refractivity contribution in [3.8, 4) is 0 Å². The average molecular weight is 281 g/mol. The van der Waals surface area contributed by atoms with Crippen LogP contribution in [0.1, 0.15) is 74.7 Å². The summed E-state index contributed by atoms with van der Waals surface area (Å²) in [5, 5.41) is 14.8. The van der Waals surface area contributed by atoms with E-state index in [1.165, 1.54) is 55.0 Å². The number of aromatic nitrogens is 2. The molecule has 1 aromatic rings. The normalized spacial score (nSPS) is 16.7. The van der Waals surface area contributed by atoms with E-state index in [1.54, 1.807) is 0 Å². The number of unbranched alkanes of at least 4 members (excludes halogenated alkanes) is 1. The Morgan fingerprint density at radius 3 is 2.79 bits per heavy atom. The van der Waals surface area contributed by atoms with Crippen molar-refractivity contribution in [3.63, 3.8) is 0 Å². The first-order chi connectivity index (χ1) is 9.33. The lowest BCUT2D eigenvalue weighted by Crippen LogP contribution is -2.17. The first-order valence-electron chi connectivity index (χ1n) is 7.89. The molecule has 0 aliphatic heterocycles. The molecular formula is C15H27N3S. The highest BCUT2D eigenvalue weighted by atomic mass is 32.1. The minimum atomic E-state index is 0.635. The Labute approximate surface area is 121 Å². The van der Waals surface area contributed by atoms with Crippen molar-refractivity contribution in [2.75, 3.05) is 6.54 Å². The summed E-state index contributed by atoms with van der Waals surface area (Å²) in [6.45, 7) is 5.65. The van der Waals surface area contributed by atoms with Gasteiger partial charge in [-0.05, 0) is 38.6 Å². The Morgan fingerprint density at radius 1 is 1.26 bits per heavy atom. The van der Waals surface area contributed by atoms with Crippen LogP contribution < -0.4 is 5.32 Å². The lowest BCUT2D eigenvalue weighted by Gasteiger charge is -2.09. The number of hydrogen-bond acceptors (Lipinski definition) is 4. The first-order valence-corrected chi connectivity index (χ1v) is 8.70. The number of nitrogens with one attached hydrogen (secondary N) is 1. The highest BCUT2D eigenvalue weighted by Crippen LogP contribution is 2.28. The van der Waals surface area contributed by atoms with Crippen molar-refractivity contribution >= 4 is 11.3 Å². The van der Waals surface area contributed by atoms with Gasteiger partial charge in [0.15, 0.2) is 0 Å². The predicted molar refractivity (Wildman–Crippen MR) is 81.8 cm³/mol. The van der Waals surface area contributed by atoms with E-state index in [0.29, 0.717) is 5.92 Å². The second kappa shape index (κ2) is 7.95. The van der Waals surface area contributed by atoms with Crippen LogP contribution in [0.3, 0.4) is 0 Å². The van der Waals surface area contributed by atoms with Crippen LogP contribution in [0.2, 0.25) is 0 Å². The smallest absolute Gasteiger partial charge is 0.120 e. The van der Waals surface area contributed by atoms with Crippen molar-refractivity contribution in [2.45, 2.75) is 77.2 Å². The highest BCUT2D eigenvalue weighted by Gasteiger charge is 2.19. The molecule has 1 N–H and O–H groups in total. The van der Waals surface area contributed by atoms with Gasteiger partial charge >= 0.3 is 0 Å². The molecule has 1 fully saturated rings. The molecule has 1 saturated carbocycles. The number of aryl methyl sites for hydroxylation is 1. The van der Waals surface area contributed by atoms with E-state index in [1.807, 2.05) is 11.3 Å². The van der Waals surface area contributed by atoms with Gasteiger partial charge in [-0.1, -0.05) is 26.7 Å². The molecule has 3 nitrogen and oxygen atoms in total. The Balaban J connectivity index is 1.72. The fourth-order valence-electron chi connectivity index (χ4n) is 2.32. The third-order valence-corrected chi connectivity index (χ3v) is 4.95. The SMILES string of the molecule is CCCCC(CC)c1nnc(CCCNC2CC2)s1. The van der Waals surface area contributed by atoms with Crippen LogP contribution in [-0.2, 0) is 6.42 Å². The molecule has 19 heavy (non-hydrogen) atoms. The second-order valence-corrected chi connectivity index (χ2v) is 6.71. The number of nitrogens with zero attached hydrogens (tertiary/aromatic N) is 2. The number of rotatable bonds is 10. The molecule has 1 aromatic heterocycles. The van der Waals surface area contributed by atoms with Gasteiger partial charge in [0.1, 0.15) is 10.0 Å². The first kappa shape index (κ1) is 14.9. The maximum atomic E-state index is 4.41. The summed E-state index contributed by atoms with van der Waals surface area (Å²) < 4.78 is 0. The quantitative estimate of drug-likeness (QED) is 0.661. The summed E-state index contributed by atoms with van der Waals surface area (Å²) >= 11 is 1.84. The van der Waals surface area contributed by atoms with Crippen molar-refractivity contribution in [2.24, 2.45) is 0 Å². The van der Waals surface area contributed by atoms with Crippen LogP contribution in [-0.4, -0.2) is 22.8 Å². The van der Waals surface area contributed by atoms with E-state index in [-0.39, 0.29) is 0 Å². The molecule has 0 amide bonds. The van der Waals surface area contributed by atoms with E-state index in [2.05, 4.69) is 29.4 Å². The van der Waals surface area contributed by atoms with Gasteiger partial charge < -0.3 is 5.32 Å². The Hall–Kier alpha value is -0.480. The van der Waals surface area contributed by atoms with Crippen molar-refractivity contribution in [1.82, 2.24) is 15.5 Å². The zero-order valence-electron chi connectivity index (χ0n) is 12.3. The molecule has 1 aliphatic rings. The van der Waals surface area contributed by atoms with E-state index in [0.717, 1.165) is 19.0 Å². The summed E-state index contributed by atoms with van der Waals surface area (Å²) in [5.41, 5.74) is 0. The predicted octanol–water partition coefficient (Wildman–Crippen LogP) is 3.91. The Morgan fingerprint density at radius 2 is 2.11 bits per heavy atom. The molecule has 0 saturated heterocycles. The zero-order valence-corrected chi connectivity index (χ0v) is 13.1. The molecule has 1 unspecified atom stereocenters.